The normalized spacial score (nSPS) is 20.9. The zero-order valence-electron chi connectivity index (χ0n) is 23.4. The molecule has 42 heavy (non-hydrogen) atoms. The van der Waals surface area contributed by atoms with Gasteiger partial charge in [-0.2, -0.15) is 13.2 Å². The number of carbonyl (C=O) groups excluding carboxylic acids is 1. The lowest BCUT2D eigenvalue weighted by Crippen LogP contribution is -2.40. The van der Waals surface area contributed by atoms with E-state index in [1.807, 2.05) is 19.3 Å². The molecule has 1 amide bonds. The summed E-state index contributed by atoms with van der Waals surface area (Å²) in [5.74, 6) is 1.32. The van der Waals surface area contributed by atoms with Crippen molar-refractivity contribution in [1.82, 2.24) is 29.6 Å². The van der Waals surface area contributed by atoms with E-state index < -0.39 is 17.8 Å². The first kappa shape index (κ1) is 28.4. The number of hydrogen-bond acceptors (Lipinski definition) is 7. The molecule has 1 aromatic carbocycles. The highest BCUT2D eigenvalue weighted by atomic mass is 19.4. The van der Waals surface area contributed by atoms with Crippen LogP contribution in [0, 0.1) is 30.5 Å². The van der Waals surface area contributed by atoms with Crippen molar-refractivity contribution >= 4 is 11.9 Å². The Morgan fingerprint density at radius 1 is 1.07 bits per heavy atom. The van der Waals surface area contributed by atoms with Crippen LogP contribution in [0.25, 0.3) is 0 Å². The molecule has 2 aromatic heterocycles. The lowest BCUT2D eigenvalue weighted by atomic mass is 9.90. The number of rotatable bonds is 8. The minimum absolute atomic E-state index is 0.0614. The second-order valence-corrected chi connectivity index (χ2v) is 11.5. The van der Waals surface area contributed by atoms with Gasteiger partial charge in [0, 0.05) is 44.6 Å². The summed E-state index contributed by atoms with van der Waals surface area (Å²) >= 11 is 0. The van der Waals surface area contributed by atoms with E-state index >= 15 is 0 Å². The maximum atomic E-state index is 14.8. The van der Waals surface area contributed by atoms with Crippen LogP contribution >= 0.6 is 0 Å². The average Bonchev–Trinajstić information content (AvgIpc) is 3.60. The number of amides is 1. The standard InChI is InChI=1S/C29H33F4N7O2/c1-18-15-34-28(35-16-18)38-7-4-19(5-8-38)23-12-20(23)6-11-42-22-3-2-21(24(30)14-22)13-26(41)39-9-10-40-25(17-39)36-37-27(40)29(31,32)33/h2-3,14-16,19-20,23H,4-13,17H2,1H3/t20-,23-/m1/s1. The van der Waals surface area contributed by atoms with Crippen molar-refractivity contribution in [2.75, 3.05) is 31.1 Å². The van der Waals surface area contributed by atoms with E-state index in [-0.39, 0.29) is 43.4 Å². The molecule has 3 aliphatic rings. The number of hydrogen-bond donors (Lipinski definition) is 0. The third-order valence-corrected chi connectivity index (χ3v) is 8.66. The van der Waals surface area contributed by atoms with Crippen molar-refractivity contribution in [3.8, 4) is 5.75 Å². The fourth-order valence-electron chi connectivity index (χ4n) is 6.20. The van der Waals surface area contributed by atoms with Gasteiger partial charge >= 0.3 is 6.18 Å². The number of fused-ring (bicyclic) bond motifs is 1. The Kier molecular flexibility index (Phi) is 7.75. The number of halogens is 4. The molecule has 2 fully saturated rings. The van der Waals surface area contributed by atoms with Gasteiger partial charge in [0.05, 0.1) is 19.6 Å². The minimum atomic E-state index is -4.61. The molecule has 1 saturated heterocycles. The van der Waals surface area contributed by atoms with Crippen LogP contribution < -0.4 is 9.64 Å². The Morgan fingerprint density at radius 2 is 1.83 bits per heavy atom. The fraction of sp³-hybridized carbons (Fsp3) is 0.552. The molecule has 0 unspecified atom stereocenters. The monoisotopic (exact) mass is 587 g/mol. The van der Waals surface area contributed by atoms with Crippen molar-refractivity contribution in [3.63, 3.8) is 0 Å². The SMILES string of the molecule is Cc1cnc(N2CCC([C@H]3C[C@H]3CCOc3ccc(CC(=O)N4CCn5c(nnc5C(F)(F)F)C4)c(F)c3)CC2)nc1. The molecule has 1 saturated carbocycles. The van der Waals surface area contributed by atoms with Crippen LogP contribution in [-0.4, -0.2) is 61.8 Å². The lowest BCUT2D eigenvalue weighted by molar-refractivity contribution is -0.148. The van der Waals surface area contributed by atoms with Crippen LogP contribution in [0.1, 0.15) is 48.5 Å². The molecule has 1 aliphatic carbocycles. The van der Waals surface area contributed by atoms with Crippen LogP contribution in [0.2, 0.25) is 0 Å². The molecule has 224 valence electrons. The molecule has 2 aliphatic heterocycles. The predicted octanol–water partition coefficient (Wildman–Crippen LogP) is 4.44. The van der Waals surface area contributed by atoms with E-state index in [1.165, 1.54) is 23.5 Å². The van der Waals surface area contributed by atoms with E-state index in [9.17, 15) is 22.4 Å². The third kappa shape index (κ3) is 6.19. The molecule has 0 spiro atoms. The van der Waals surface area contributed by atoms with Gasteiger partial charge < -0.3 is 19.1 Å². The maximum absolute atomic E-state index is 14.8. The molecular formula is C29H33F4N7O2. The summed E-state index contributed by atoms with van der Waals surface area (Å²) in [5.41, 5.74) is 1.27. The minimum Gasteiger partial charge on any atom is -0.493 e. The van der Waals surface area contributed by atoms with Gasteiger partial charge in [-0.25, -0.2) is 14.4 Å². The van der Waals surface area contributed by atoms with E-state index in [1.54, 1.807) is 6.07 Å². The number of alkyl halides is 3. The first-order chi connectivity index (χ1) is 20.2. The lowest BCUT2D eigenvalue weighted by Gasteiger charge is -2.32. The molecule has 6 rings (SSSR count). The molecule has 0 bridgehead atoms. The summed E-state index contributed by atoms with van der Waals surface area (Å²) in [6.45, 7) is 4.33. The van der Waals surface area contributed by atoms with Gasteiger partial charge in [-0.05, 0) is 67.6 Å². The molecular weight excluding hydrogens is 554 g/mol. The largest absolute Gasteiger partial charge is 0.493 e. The van der Waals surface area contributed by atoms with Crippen LogP contribution in [0.4, 0.5) is 23.5 Å². The highest BCUT2D eigenvalue weighted by Gasteiger charge is 2.43. The van der Waals surface area contributed by atoms with E-state index in [2.05, 4.69) is 25.1 Å². The number of piperidine rings is 1. The molecule has 0 N–H and O–H groups in total. The number of carbonyl (C=O) groups is 1. The number of nitrogens with zero attached hydrogens (tertiary/aromatic N) is 7. The summed E-state index contributed by atoms with van der Waals surface area (Å²) < 4.78 is 60.8. The van der Waals surface area contributed by atoms with Crippen LogP contribution in [0.3, 0.4) is 0 Å². The first-order valence-electron chi connectivity index (χ1n) is 14.4. The maximum Gasteiger partial charge on any atom is 0.451 e. The summed E-state index contributed by atoms with van der Waals surface area (Å²) in [4.78, 5) is 25.3. The zero-order chi connectivity index (χ0) is 29.4. The Hall–Kier alpha value is -3.77. The summed E-state index contributed by atoms with van der Waals surface area (Å²) in [5, 5.41) is 6.81. The Morgan fingerprint density at radius 3 is 2.55 bits per heavy atom. The van der Waals surface area contributed by atoms with E-state index in [0.717, 1.165) is 48.4 Å². The van der Waals surface area contributed by atoms with Crippen molar-refractivity contribution in [2.24, 2.45) is 17.8 Å². The second-order valence-electron chi connectivity index (χ2n) is 11.5. The van der Waals surface area contributed by atoms with Crippen molar-refractivity contribution in [1.29, 1.82) is 0 Å². The Balaban J connectivity index is 0.930. The van der Waals surface area contributed by atoms with Gasteiger partial charge in [-0.15, -0.1) is 10.2 Å². The quantitative estimate of drug-likeness (QED) is 0.360. The van der Waals surface area contributed by atoms with Gasteiger partial charge in [-0.3, -0.25) is 4.79 Å². The topological polar surface area (TPSA) is 89.3 Å². The highest BCUT2D eigenvalue weighted by Crippen LogP contribution is 2.50. The van der Waals surface area contributed by atoms with Gasteiger partial charge in [0.2, 0.25) is 17.7 Å². The van der Waals surface area contributed by atoms with Crippen LogP contribution in [0.5, 0.6) is 5.75 Å². The summed E-state index contributed by atoms with van der Waals surface area (Å²) in [6, 6.07) is 4.47. The highest BCUT2D eigenvalue weighted by molar-refractivity contribution is 5.79. The predicted molar refractivity (Wildman–Crippen MR) is 144 cm³/mol. The second kappa shape index (κ2) is 11.5. The van der Waals surface area contributed by atoms with Crippen LogP contribution in [0.15, 0.2) is 30.6 Å². The number of aromatic nitrogens is 5. The molecule has 13 heteroatoms. The number of anilines is 1. The van der Waals surface area contributed by atoms with E-state index in [4.69, 9.17) is 4.74 Å². The Bertz CT molecular complexity index is 1420. The van der Waals surface area contributed by atoms with Gasteiger partial charge in [-0.1, -0.05) is 6.07 Å². The smallest absolute Gasteiger partial charge is 0.451 e. The Labute approximate surface area is 240 Å². The molecule has 4 heterocycles. The van der Waals surface area contributed by atoms with Crippen molar-refractivity contribution < 1.29 is 27.1 Å². The van der Waals surface area contributed by atoms with E-state index in [0.29, 0.717) is 30.1 Å². The molecule has 2 atom stereocenters. The van der Waals surface area contributed by atoms with Gasteiger partial charge in [0.25, 0.3) is 0 Å². The average molecular weight is 588 g/mol. The fourth-order valence-corrected chi connectivity index (χ4v) is 6.20. The molecule has 3 aromatic rings. The third-order valence-electron chi connectivity index (χ3n) is 8.66. The summed E-state index contributed by atoms with van der Waals surface area (Å²) in [7, 11) is 0. The van der Waals surface area contributed by atoms with Gasteiger partial charge in [0.1, 0.15) is 11.6 Å². The molecule has 0 radical (unpaired) electrons. The molecule has 9 nitrogen and oxygen atoms in total. The zero-order valence-corrected chi connectivity index (χ0v) is 23.4. The number of aryl methyl sites for hydroxylation is 1. The van der Waals surface area contributed by atoms with Crippen LogP contribution in [-0.2, 0) is 30.5 Å². The number of ether oxygens (including phenoxy) is 1. The van der Waals surface area contributed by atoms with Crippen molar-refractivity contribution in [2.45, 2.75) is 58.3 Å². The van der Waals surface area contributed by atoms with Gasteiger partial charge in [0.15, 0.2) is 5.82 Å². The first-order valence-corrected chi connectivity index (χ1v) is 14.4. The van der Waals surface area contributed by atoms with Crippen molar-refractivity contribution in [3.05, 3.63) is 59.2 Å². The number of benzene rings is 1. The summed E-state index contributed by atoms with van der Waals surface area (Å²) in [6.07, 6.45) is 3.29.